The fourth-order valence-electron chi connectivity index (χ4n) is 16.3. The molecule has 0 aliphatic rings. The summed E-state index contributed by atoms with van der Waals surface area (Å²) in [6.45, 7) is 0. The Morgan fingerprint density at radius 1 is 0.215 bits per heavy atom. The van der Waals surface area contributed by atoms with E-state index < -0.39 is 0 Å². The lowest BCUT2D eigenvalue weighted by atomic mass is 10.0. The first-order chi connectivity index (χ1) is 53.1. The number of rotatable bonds is 10. The molecule has 0 aliphatic heterocycles. The van der Waals surface area contributed by atoms with Gasteiger partial charge in [-0.05, 0) is 95.1 Å². The summed E-state index contributed by atoms with van der Waals surface area (Å²) >= 11 is 0. The summed E-state index contributed by atoms with van der Waals surface area (Å²) < 4.78 is 16.1. The molecule has 7 aromatic heterocycles. The molecule has 22 aromatic rings. The number of hydrogen-bond donors (Lipinski definition) is 0. The van der Waals surface area contributed by atoms with Crippen LogP contribution in [0.15, 0.2) is 381 Å². The maximum Gasteiger partial charge on any atom is 0.238 e. The SMILES string of the molecule is c1ccc(-c2cc(-n3c4ccccc4c4ccc5c(c6ccccc6n5-c5cccc6c5oc5ccccc56)c43)cc(-c3ccccc3)n2)cc1.c1ccc(-c2ccc(-c3nc(-c4ccccc4)nc(-n4c5ccccc5c5ccc6c(c7ccccc7n6-c6ccc(-c7ccccc7)cc6)c54)n3)cc2)cc1. The summed E-state index contributed by atoms with van der Waals surface area (Å²) in [7, 11) is 0. The minimum atomic E-state index is 0.573. The van der Waals surface area contributed by atoms with Crippen LogP contribution in [0.2, 0.25) is 0 Å². The van der Waals surface area contributed by atoms with Gasteiger partial charge in [0, 0.05) is 81.8 Å². The fraction of sp³-hybridized carbons (Fsp3) is 0. The van der Waals surface area contributed by atoms with Crippen LogP contribution in [-0.4, -0.2) is 38.2 Å². The first-order valence-electron chi connectivity index (χ1n) is 36.2. The van der Waals surface area contributed by atoms with Crippen LogP contribution in [-0.2, 0) is 0 Å². The van der Waals surface area contributed by atoms with Crippen LogP contribution in [0.5, 0.6) is 0 Å². The molecule has 0 radical (unpaired) electrons. The van der Waals surface area contributed by atoms with Crippen molar-refractivity contribution in [3.05, 3.63) is 376 Å². The molecule has 0 amide bonds. The molecule has 0 aliphatic carbocycles. The van der Waals surface area contributed by atoms with Gasteiger partial charge in [0.15, 0.2) is 17.2 Å². The number of fused-ring (bicyclic) bond motifs is 17. The lowest BCUT2D eigenvalue weighted by Crippen LogP contribution is -2.06. The van der Waals surface area contributed by atoms with E-state index in [0.717, 1.165) is 133 Å². The first kappa shape index (κ1) is 61.2. The van der Waals surface area contributed by atoms with Gasteiger partial charge in [0.1, 0.15) is 5.58 Å². The summed E-state index contributed by atoms with van der Waals surface area (Å²) in [4.78, 5) is 20.9. The zero-order valence-electron chi connectivity index (χ0n) is 57.8. The molecule has 107 heavy (non-hydrogen) atoms. The molecule has 0 N–H and O–H groups in total. The molecular formula is C98H62N8O. The van der Waals surface area contributed by atoms with Gasteiger partial charge in [-0.2, -0.15) is 9.97 Å². The molecular weight excluding hydrogens is 1310 g/mol. The van der Waals surface area contributed by atoms with Gasteiger partial charge in [-0.3, -0.25) is 4.57 Å². The Morgan fingerprint density at radius 2 is 0.598 bits per heavy atom. The predicted octanol–water partition coefficient (Wildman–Crippen LogP) is 25.2. The molecule has 500 valence electrons. The van der Waals surface area contributed by atoms with Crippen LogP contribution >= 0.6 is 0 Å². The van der Waals surface area contributed by atoms with Gasteiger partial charge in [-0.25, -0.2) is 9.97 Å². The second-order valence-corrected chi connectivity index (χ2v) is 27.2. The van der Waals surface area contributed by atoms with Crippen LogP contribution in [0.4, 0.5) is 0 Å². The van der Waals surface area contributed by atoms with Crippen molar-refractivity contribution in [3.8, 4) is 90.6 Å². The molecule has 0 spiro atoms. The van der Waals surface area contributed by atoms with Gasteiger partial charge < -0.3 is 18.1 Å². The topological polar surface area (TPSA) is 84.4 Å². The molecule has 0 saturated heterocycles. The Bertz CT molecular complexity index is 7140. The van der Waals surface area contributed by atoms with Crippen LogP contribution in [0.1, 0.15) is 0 Å². The number of nitrogens with zero attached hydrogens (tertiary/aromatic N) is 8. The Hall–Kier alpha value is -14.5. The molecule has 0 saturated carbocycles. The van der Waals surface area contributed by atoms with Gasteiger partial charge >= 0.3 is 0 Å². The van der Waals surface area contributed by atoms with Gasteiger partial charge in [0.2, 0.25) is 5.95 Å². The minimum Gasteiger partial charge on any atom is -0.454 e. The maximum atomic E-state index is 6.61. The van der Waals surface area contributed by atoms with E-state index in [-0.39, 0.29) is 0 Å². The number of furan rings is 1. The number of aromatic nitrogens is 8. The summed E-state index contributed by atoms with van der Waals surface area (Å²) in [5.74, 6) is 1.81. The summed E-state index contributed by atoms with van der Waals surface area (Å²) in [5.41, 5.74) is 24.5. The maximum absolute atomic E-state index is 6.61. The van der Waals surface area contributed by atoms with Gasteiger partial charge in [-0.15, -0.1) is 0 Å². The van der Waals surface area contributed by atoms with E-state index in [9.17, 15) is 0 Å². The second-order valence-electron chi connectivity index (χ2n) is 27.2. The van der Waals surface area contributed by atoms with E-state index in [1.54, 1.807) is 0 Å². The number of hydrogen-bond acceptors (Lipinski definition) is 5. The second kappa shape index (κ2) is 25.2. The zero-order chi connectivity index (χ0) is 70.5. The van der Waals surface area contributed by atoms with Gasteiger partial charge in [0.25, 0.3) is 0 Å². The van der Waals surface area contributed by atoms with Crippen LogP contribution in [0, 0.1) is 0 Å². The van der Waals surface area contributed by atoms with Crippen molar-refractivity contribution >= 4 is 109 Å². The van der Waals surface area contributed by atoms with Crippen molar-refractivity contribution in [1.29, 1.82) is 0 Å². The normalized spacial score (nSPS) is 11.7. The Morgan fingerprint density at radius 3 is 1.14 bits per heavy atom. The minimum absolute atomic E-state index is 0.573. The average molecular weight is 1370 g/mol. The zero-order valence-corrected chi connectivity index (χ0v) is 57.8. The van der Waals surface area contributed by atoms with Crippen molar-refractivity contribution in [2.45, 2.75) is 0 Å². The van der Waals surface area contributed by atoms with Gasteiger partial charge in [0.05, 0.1) is 66.9 Å². The third kappa shape index (κ3) is 10.2. The highest BCUT2D eigenvalue weighted by Crippen LogP contribution is 2.46. The third-order valence-electron chi connectivity index (χ3n) is 21.1. The van der Waals surface area contributed by atoms with E-state index in [4.69, 9.17) is 24.4 Å². The molecule has 22 rings (SSSR count). The summed E-state index contributed by atoms with van der Waals surface area (Å²) in [5, 5.41) is 11.7. The van der Waals surface area contributed by atoms with Crippen LogP contribution in [0.25, 0.3) is 200 Å². The standard InChI is InChI=1S/C51H33N5.C47H29N3O/c1-4-14-34(15-5-1)36-24-26-39(27-25-36)50-52-49(38-18-8-3-9-19-38)53-51(54-50)56-44-22-12-10-20-41(44)42-32-33-46-47(48(42)56)43-21-11-13-23-45(43)55(46)40-30-28-37(29-31-40)35-16-6-2-7-17-35;1-3-14-30(15-4-1)38-28-32(29-39(48-38)31-16-5-2-6-17-31)49-40-22-10-7-18-33(40)35-26-27-42-45(46(35)49)37-20-8-11-23-41(37)50(42)43-24-13-21-36-34-19-9-12-25-44(34)51-47(36)43/h1-33H;1-29H. The van der Waals surface area contributed by atoms with E-state index >= 15 is 0 Å². The molecule has 0 fully saturated rings. The molecule has 7 heterocycles. The molecule has 0 unspecified atom stereocenters. The molecule has 9 nitrogen and oxygen atoms in total. The van der Waals surface area contributed by atoms with Crippen molar-refractivity contribution < 1.29 is 4.42 Å². The molecule has 0 atom stereocenters. The predicted molar refractivity (Wildman–Crippen MR) is 441 cm³/mol. The average Bonchev–Trinajstić information content (AvgIpc) is 1.55. The van der Waals surface area contributed by atoms with Crippen molar-refractivity contribution in [2.75, 3.05) is 0 Å². The van der Waals surface area contributed by atoms with E-state index in [1.165, 1.54) is 49.1 Å². The van der Waals surface area contributed by atoms with Crippen LogP contribution in [0.3, 0.4) is 0 Å². The van der Waals surface area contributed by atoms with Crippen molar-refractivity contribution in [2.24, 2.45) is 0 Å². The summed E-state index contributed by atoms with van der Waals surface area (Å²) in [6.07, 6.45) is 0. The van der Waals surface area contributed by atoms with E-state index in [1.807, 2.05) is 30.3 Å². The fourth-order valence-corrected chi connectivity index (χ4v) is 16.3. The smallest absolute Gasteiger partial charge is 0.238 e. The quantitative estimate of drug-likeness (QED) is 0.136. The monoisotopic (exact) mass is 1370 g/mol. The summed E-state index contributed by atoms with van der Waals surface area (Å²) in [6, 6.07) is 133. The molecule has 0 bridgehead atoms. The Labute approximate surface area is 614 Å². The highest BCUT2D eigenvalue weighted by Gasteiger charge is 2.26. The lowest BCUT2D eigenvalue weighted by molar-refractivity contribution is 0.666. The van der Waals surface area contributed by atoms with E-state index in [2.05, 4.69) is 364 Å². The molecule has 15 aromatic carbocycles. The lowest BCUT2D eigenvalue weighted by Gasteiger charge is -2.14. The highest BCUT2D eigenvalue weighted by atomic mass is 16.3. The number of benzene rings is 15. The van der Waals surface area contributed by atoms with Crippen LogP contribution < -0.4 is 0 Å². The van der Waals surface area contributed by atoms with Crippen molar-refractivity contribution in [1.82, 2.24) is 38.2 Å². The van der Waals surface area contributed by atoms with Crippen molar-refractivity contribution in [3.63, 3.8) is 0 Å². The Balaban J connectivity index is 0.000000138. The largest absolute Gasteiger partial charge is 0.454 e. The third-order valence-corrected chi connectivity index (χ3v) is 21.1. The molecule has 9 heteroatoms. The van der Waals surface area contributed by atoms with Gasteiger partial charge in [-0.1, -0.05) is 303 Å². The Kier molecular flexibility index (Phi) is 14.4. The first-order valence-corrected chi connectivity index (χ1v) is 36.2. The van der Waals surface area contributed by atoms with E-state index in [0.29, 0.717) is 17.6 Å². The number of pyridine rings is 1. The number of para-hydroxylation sites is 6. The highest BCUT2D eigenvalue weighted by molar-refractivity contribution is 6.28.